The number of rotatable bonds is 7. The molecule has 0 aliphatic rings. The van der Waals surface area contributed by atoms with Crippen LogP contribution in [0.15, 0.2) is 12.1 Å². The van der Waals surface area contributed by atoms with E-state index in [1.807, 2.05) is 13.8 Å². The summed E-state index contributed by atoms with van der Waals surface area (Å²) in [5.41, 5.74) is -0.572. The molecule has 0 atom stereocenters. The normalized spacial score (nSPS) is 10.7. The highest BCUT2D eigenvalue weighted by Crippen LogP contribution is 2.18. The van der Waals surface area contributed by atoms with E-state index in [2.05, 4.69) is 0 Å². The Morgan fingerprint density at radius 2 is 1.50 bits per heavy atom. The Balaban J connectivity index is 3.01. The molecule has 0 saturated heterocycles. The van der Waals surface area contributed by atoms with E-state index in [9.17, 15) is 13.2 Å². The Kier molecular flexibility index (Phi) is 6.55. The third-order valence-electron chi connectivity index (χ3n) is 3.16. The molecule has 1 rings (SSSR count). The second kappa shape index (κ2) is 7.92. The van der Waals surface area contributed by atoms with Crippen molar-refractivity contribution >= 4 is 5.84 Å². The van der Waals surface area contributed by atoms with Crippen LogP contribution in [-0.4, -0.2) is 23.8 Å². The molecule has 0 fully saturated rings. The third-order valence-corrected chi connectivity index (χ3v) is 3.16. The lowest BCUT2D eigenvalue weighted by Crippen LogP contribution is -2.34. The number of nitrogens with one attached hydrogen (secondary N) is 1. The fourth-order valence-electron chi connectivity index (χ4n) is 1.94. The average molecular weight is 286 g/mol. The summed E-state index contributed by atoms with van der Waals surface area (Å²) in [6.45, 7) is 5.10. The summed E-state index contributed by atoms with van der Waals surface area (Å²) in [5, 5.41) is 8.00. The Morgan fingerprint density at radius 3 is 2.00 bits per heavy atom. The zero-order chi connectivity index (χ0) is 15.1. The summed E-state index contributed by atoms with van der Waals surface area (Å²) in [5.74, 6) is -3.58. The minimum absolute atomic E-state index is 0.276. The van der Waals surface area contributed by atoms with E-state index in [1.165, 1.54) is 0 Å². The highest BCUT2D eigenvalue weighted by Gasteiger charge is 2.21. The van der Waals surface area contributed by atoms with Gasteiger partial charge in [0, 0.05) is 13.1 Å². The van der Waals surface area contributed by atoms with Gasteiger partial charge in [-0.05, 0) is 25.0 Å². The molecule has 0 aliphatic carbocycles. The van der Waals surface area contributed by atoms with Crippen molar-refractivity contribution in [1.29, 1.82) is 5.41 Å². The molecule has 0 aromatic heterocycles. The third kappa shape index (κ3) is 3.99. The summed E-state index contributed by atoms with van der Waals surface area (Å²) in [6.07, 6.45) is 3.49. The predicted octanol–water partition coefficient (Wildman–Crippen LogP) is 4.33. The van der Waals surface area contributed by atoms with Crippen LogP contribution in [0.3, 0.4) is 0 Å². The van der Waals surface area contributed by atoms with Gasteiger partial charge in [0.15, 0.2) is 11.6 Å². The highest BCUT2D eigenvalue weighted by molar-refractivity contribution is 5.96. The summed E-state index contributed by atoms with van der Waals surface area (Å²) in [7, 11) is 0. The van der Waals surface area contributed by atoms with Crippen molar-refractivity contribution in [3.63, 3.8) is 0 Å². The van der Waals surface area contributed by atoms with Crippen LogP contribution >= 0.6 is 0 Å². The van der Waals surface area contributed by atoms with Crippen molar-refractivity contribution in [2.45, 2.75) is 39.5 Å². The smallest absolute Gasteiger partial charge is 0.172 e. The summed E-state index contributed by atoms with van der Waals surface area (Å²) >= 11 is 0. The van der Waals surface area contributed by atoms with Gasteiger partial charge >= 0.3 is 0 Å². The SMILES string of the molecule is CCCCN(CCCC)C(=N)c1c(F)ccc(F)c1F. The van der Waals surface area contributed by atoms with Crippen molar-refractivity contribution in [1.82, 2.24) is 4.90 Å². The molecule has 0 spiro atoms. The summed E-state index contributed by atoms with van der Waals surface area (Å²) in [6, 6.07) is 1.60. The first kappa shape index (κ1) is 16.5. The lowest BCUT2D eigenvalue weighted by atomic mass is 10.1. The number of unbranched alkanes of at least 4 members (excludes halogenated alkanes) is 2. The van der Waals surface area contributed by atoms with Gasteiger partial charge in [-0.3, -0.25) is 5.41 Å². The first-order chi connectivity index (χ1) is 9.52. The number of hydrogen-bond acceptors (Lipinski definition) is 1. The molecular formula is C15H21F3N2. The van der Waals surface area contributed by atoms with Gasteiger partial charge in [0.2, 0.25) is 0 Å². The predicted molar refractivity (Wildman–Crippen MR) is 74.5 cm³/mol. The van der Waals surface area contributed by atoms with E-state index in [-0.39, 0.29) is 5.84 Å². The van der Waals surface area contributed by atoms with Gasteiger partial charge in [0.1, 0.15) is 11.7 Å². The molecule has 1 aromatic rings. The largest absolute Gasteiger partial charge is 0.356 e. The molecule has 1 aromatic carbocycles. The van der Waals surface area contributed by atoms with Gasteiger partial charge in [-0.15, -0.1) is 0 Å². The molecule has 0 saturated carbocycles. The Labute approximate surface area is 118 Å². The van der Waals surface area contributed by atoms with Crippen LogP contribution < -0.4 is 0 Å². The van der Waals surface area contributed by atoms with Crippen LogP contribution in [0.2, 0.25) is 0 Å². The topological polar surface area (TPSA) is 27.1 Å². The van der Waals surface area contributed by atoms with E-state index in [4.69, 9.17) is 5.41 Å². The molecule has 1 N–H and O–H groups in total. The minimum Gasteiger partial charge on any atom is -0.356 e. The quantitative estimate of drug-likeness (QED) is 0.451. The second-order valence-electron chi connectivity index (χ2n) is 4.76. The fraction of sp³-hybridized carbons (Fsp3) is 0.533. The summed E-state index contributed by atoms with van der Waals surface area (Å²) < 4.78 is 40.7. The van der Waals surface area contributed by atoms with Crippen molar-refractivity contribution in [3.05, 3.63) is 35.1 Å². The van der Waals surface area contributed by atoms with E-state index < -0.39 is 23.0 Å². The zero-order valence-electron chi connectivity index (χ0n) is 12.0. The van der Waals surface area contributed by atoms with Gasteiger partial charge in [-0.1, -0.05) is 26.7 Å². The molecule has 0 bridgehead atoms. The number of nitrogens with zero attached hydrogens (tertiary/aromatic N) is 1. The molecule has 112 valence electrons. The molecule has 0 radical (unpaired) electrons. The maximum absolute atomic E-state index is 13.7. The van der Waals surface area contributed by atoms with Crippen LogP contribution in [0.4, 0.5) is 13.2 Å². The maximum atomic E-state index is 13.7. The van der Waals surface area contributed by atoms with Crippen molar-refractivity contribution in [2.24, 2.45) is 0 Å². The number of benzene rings is 1. The Hall–Kier alpha value is -1.52. The van der Waals surface area contributed by atoms with Gasteiger partial charge in [0.25, 0.3) is 0 Å². The molecular weight excluding hydrogens is 265 g/mol. The molecule has 0 unspecified atom stereocenters. The molecule has 20 heavy (non-hydrogen) atoms. The van der Waals surface area contributed by atoms with Gasteiger partial charge in [0.05, 0.1) is 5.56 Å². The van der Waals surface area contributed by atoms with Crippen molar-refractivity contribution in [3.8, 4) is 0 Å². The van der Waals surface area contributed by atoms with Gasteiger partial charge in [-0.2, -0.15) is 0 Å². The number of halogens is 3. The summed E-state index contributed by atoms with van der Waals surface area (Å²) in [4.78, 5) is 1.62. The van der Waals surface area contributed by atoms with Crippen molar-refractivity contribution < 1.29 is 13.2 Å². The van der Waals surface area contributed by atoms with Crippen LogP contribution in [-0.2, 0) is 0 Å². The van der Waals surface area contributed by atoms with Gasteiger partial charge < -0.3 is 4.90 Å². The van der Waals surface area contributed by atoms with E-state index in [0.29, 0.717) is 13.1 Å². The average Bonchev–Trinajstić information content (AvgIpc) is 2.43. The maximum Gasteiger partial charge on any atom is 0.172 e. The highest BCUT2D eigenvalue weighted by atomic mass is 19.2. The molecule has 0 heterocycles. The number of hydrogen-bond donors (Lipinski definition) is 1. The molecule has 0 amide bonds. The minimum atomic E-state index is -1.28. The standard InChI is InChI=1S/C15H21F3N2/c1-3-5-9-20(10-6-4-2)15(19)13-11(16)7-8-12(17)14(13)18/h7-8,19H,3-6,9-10H2,1-2H3. The van der Waals surface area contributed by atoms with Crippen LogP contribution in [0, 0.1) is 22.9 Å². The molecule has 2 nitrogen and oxygen atoms in total. The van der Waals surface area contributed by atoms with E-state index >= 15 is 0 Å². The first-order valence-corrected chi connectivity index (χ1v) is 7.00. The van der Waals surface area contributed by atoms with Crippen LogP contribution in [0.25, 0.3) is 0 Å². The van der Waals surface area contributed by atoms with E-state index in [1.54, 1.807) is 4.90 Å². The fourth-order valence-corrected chi connectivity index (χ4v) is 1.94. The number of amidine groups is 1. The van der Waals surface area contributed by atoms with Crippen LogP contribution in [0.1, 0.15) is 45.1 Å². The Morgan fingerprint density at radius 1 is 1.00 bits per heavy atom. The van der Waals surface area contributed by atoms with Gasteiger partial charge in [-0.25, -0.2) is 13.2 Å². The molecule has 0 aliphatic heterocycles. The monoisotopic (exact) mass is 286 g/mol. The Bertz CT molecular complexity index is 453. The lowest BCUT2D eigenvalue weighted by Gasteiger charge is -2.25. The van der Waals surface area contributed by atoms with E-state index in [0.717, 1.165) is 37.8 Å². The van der Waals surface area contributed by atoms with Crippen LogP contribution in [0.5, 0.6) is 0 Å². The first-order valence-electron chi connectivity index (χ1n) is 7.00. The lowest BCUT2D eigenvalue weighted by molar-refractivity contribution is 0.391. The second-order valence-corrected chi connectivity index (χ2v) is 4.76. The van der Waals surface area contributed by atoms with Crippen molar-refractivity contribution in [2.75, 3.05) is 13.1 Å². The zero-order valence-corrected chi connectivity index (χ0v) is 12.0. The molecule has 5 heteroatoms.